The maximum Gasteiger partial charge on any atom is 0.303 e. The minimum Gasteiger partial charge on any atom is -0.458 e. The van der Waals surface area contributed by atoms with Gasteiger partial charge < -0.3 is 29.6 Å². The van der Waals surface area contributed by atoms with Gasteiger partial charge in [-0.05, 0) is 0 Å². The Balaban J connectivity index is 3.66. The van der Waals surface area contributed by atoms with Crippen LogP contribution in [0.5, 0.6) is 0 Å². The second-order valence-electron chi connectivity index (χ2n) is 6.75. The van der Waals surface area contributed by atoms with Gasteiger partial charge >= 0.3 is 23.9 Å². The van der Waals surface area contributed by atoms with Gasteiger partial charge in [-0.25, -0.2) is 0 Å². The van der Waals surface area contributed by atoms with Crippen LogP contribution in [0.3, 0.4) is 0 Å². The standard InChI is InChI=1S/C18H26N2O10/c1-7(21)19-13-15(27-9(3)23)14(20-8(2)22)17(29-11(5)25)18(30-12(6)26)16(13)28-10(4)24/h13-18H,1-6H3,(H,19,21)(H,20,22). The largest absolute Gasteiger partial charge is 0.458 e. The molecule has 1 fully saturated rings. The highest BCUT2D eigenvalue weighted by atomic mass is 16.6. The Labute approximate surface area is 172 Å². The van der Waals surface area contributed by atoms with Crippen molar-refractivity contribution < 1.29 is 47.7 Å². The lowest BCUT2D eigenvalue weighted by molar-refractivity contribution is -0.213. The van der Waals surface area contributed by atoms with Crippen molar-refractivity contribution in [2.45, 2.75) is 78.0 Å². The molecule has 0 radical (unpaired) electrons. The van der Waals surface area contributed by atoms with E-state index in [0.29, 0.717) is 0 Å². The van der Waals surface area contributed by atoms with Gasteiger partial charge in [0.2, 0.25) is 11.8 Å². The molecule has 1 aliphatic rings. The summed E-state index contributed by atoms with van der Waals surface area (Å²) in [6, 6.07) is -2.47. The summed E-state index contributed by atoms with van der Waals surface area (Å²) in [5.41, 5.74) is 0. The zero-order chi connectivity index (χ0) is 23.2. The summed E-state index contributed by atoms with van der Waals surface area (Å²) in [4.78, 5) is 70.6. The van der Waals surface area contributed by atoms with E-state index < -0.39 is 72.2 Å². The third kappa shape index (κ3) is 7.01. The van der Waals surface area contributed by atoms with Gasteiger partial charge in [0.25, 0.3) is 0 Å². The number of nitrogens with one attached hydrogen (secondary N) is 2. The first-order chi connectivity index (χ1) is 13.8. The summed E-state index contributed by atoms with van der Waals surface area (Å²) in [5, 5.41) is 4.99. The smallest absolute Gasteiger partial charge is 0.303 e. The molecule has 0 spiro atoms. The third-order valence-corrected chi connectivity index (χ3v) is 4.01. The molecule has 0 aromatic carbocycles. The second-order valence-corrected chi connectivity index (χ2v) is 6.75. The van der Waals surface area contributed by atoms with Crippen molar-refractivity contribution in [2.75, 3.05) is 0 Å². The Morgan fingerprint density at radius 1 is 0.467 bits per heavy atom. The number of carbonyl (C=O) groups is 6. The zero-order valence-corrected chi connectivity index (χ0v) is 17.5. The summed E-state index contributed by atoms with van der Waals surface area (Å²) in [6.07, 6.45) is -5.53. The summed E-state index contributed by atoms with van der Waals surface area (Å²) in [7, 11) is 0. The van der Waals surface area contributed by atoms with E-state index in [1.165, 1.54) is 13.8 Å². The van der Waals surface area contributed by atoms with Crippen molar-refractivity contribution in [3.05, 3.63) is 0 Å². The molecule has 4 unspecified atom stereocenters. The monoisotopic (exact) mass is 430 g/mol. The molecule has 1 rings (SSSR count). The molecule has 1 aliphatic carbocycles. The van der Waals surface area contributed by atoms with Gasteiger partial charge in [0, 0.05) is 41.5 Å². The van der Waals surface area contributed by atoms with Crippen LogP contribution in [0.2, 0.25) is 0 Å². The highest BCUT2D eigenvalue weighted by Crippen LogP contribution is 2.31. The first kappa shape index (κ1) is 24.9. The predicted octanol–water partition coefficient (Wildman–Crippen LogP) is -1.26. The molecule has 2 amide bonds. The van der Waals surface area contributed by atoms with Crippen molar-refractivity contribution in [1.82, 2.24) is 10.6 Å². The van der Waals surface area contributed by atoms with Crippen LogP contribution < -0.4 is 10.6 Å². The molecule has 0 aromatic rings. The van der Waals surface area contributed by atoms with Gasteiger partial charge in [0.1, 0.15) is 18.2 Å². The molecule has 168 valence electrons. The van der Waals surface area contributed by atoms with Crippen LogP contribution in [0.1, 0.15) is 41.5 Å². The fourth-order valence-electron chi connectivity index (χ4n) is 3.32. The first-order valence-electron chi connectivity index (χ1n) is 9.06. The molecule has 0 aliphatic heterocycles. The molecule has 4 atom stereocenters. The Morgan fingerprint density at radius 2 is 0.733 bits per heavy atom. The fraction of sp³-hybridized carbons (Fsp3) is 0.667. The molecule has 0 saturated heterocycles. The van der Waals surface area contributed by atoms with E-state index in [9.17, 15) is 28.8 Å². The first-order valence-corrected chi connectivity index (χ1v) is 9.06. The molecule has 0 aromatic heterocycles. The van der Waals surface area contributed by atoms with Crippen LogP contribution in [-0.4, -0.2) is 72.2 Å². The molecular weight excluding hydrogens is 404 g/mol. The van der Waals surface area contributed by atoms with Crippen molar-refractivity contribution >= 4 is 35.7 Å². The molecular formula is C18H26N2O10. The maximum atomic E-state index is 11.8. The van der Waals surface area contributed by atoms with Gasteiger partial charge in [0.05, 0.1) is 0 Å². The Morgan fingerprint density at radius 3 is 1.00 bits per heavy atom. The quantitative estimate of drug-likeness (QED) is 0.384. The van der Waals surface area contributed by atoms with Crippen LogP contribution in [0.15, 0.2) is 0 Å². The number of esters is 4. The van der Waals surface area contributed by atoms with E-state index in [1.54, 1.807) is 0 Å². The van der Waals surface area contributed by atoms with Crippen molar-refractivity contribution in [2.24, 2.45) is 0 Å². The summed E-state index contributed by atoms with van der Waals surface area (Å²) in [5.74, 6) is -4.34. The highest BCUT2D eigenvalue weighted by molar-refractivity contribution is 5.76. The molecule has 1 saturated carbocycles. The average Bonchev–Trinajstić information content (AvgIpc) is 2.55. The zero-order valence-electron chi connectivity index (χ0n) is 17.5. The van der Waals surface area contributed by atoms with Crippen LogP contribution in [0.4, 0.5) is 0 Å². The van der Waals surface area contributed by atoms with E-state index in [1.807, 2.05) is 0 Å². The van der Waals surface area contributed by atoms with Gasteiger partial charge in [-0.1, -0.05) is 0 Å². The van der Waals surface area contributed by atoms with Gasteiger partial charge in [0.15, 0.2) is 18.3 Å². The van der Waals surface area contributed by atoms with E-state index in [2.05, 4.69) is 10.6 Å². The average molecular weight is 430 g/mol. The number of hydrogen-bond acceptors (Lipinski definition) is 10. The summed E-state index contributed by atoms with van der Waals surface area (Å²) >= 11 is 0. The normalized spacial score (nSPS) is 27.8. The van der Waals surface area contributed by atoms with Gasteiger partial charge in [-0.3, -0.25) is 28.8 Å². The van der Waals surface area contributed by atoms with Crippen LogP contribution in [0.25, 0.3) is 0 Å². The highest BCUT2D eigenvalue weighted by Gasteiger charge is 2.58. The third-order valence-electron chi connectivity index (χ3n) is 4.01. The Kier molecular flexibility index (Phi) is 8.75. The number of hydrogen-bond donors (Lipinski definition) is 2. The fourth-order valence-corrected chi connectivity index (χ4v) is 3.32. The number of ether oxygens (including phenoxy) is 4. The number of amides is 2. The minimum atomic E-state index is -1.42. The van der Waals surface area contributed by atoms with E-state index in [4.69, 9.17) is 18.9 Å². The lowest BCUT2D eigenvalue weighted by Gasteiger charge is -2.48. The summed E-state index contributed by atoms with van der Waals surface area (Å²) < 4.78 is 21.1. The summed E-state index contributed by atoms with van der Waals surface area (Å²) in [6.45, 7) is 6.67. The van der Waals surface area contributed by atoms with Crippen LogP contribution in [-0.2, 0) is 47.7 Å². The lowest BCUT2D eigenvalue weighted by Crippen LogP contribution is -2.74. The van der Waals surface area contributed by atoms with Crippen LogP contribution >= 0.6 is 0 Å². The van der Waals surface area contributed by atoms with Crippen LogP contribution in [0, 0.1) is 0 Å². The second kappa shape index (κ2) is 10.6. The van der Waals surface area contributed by atoms with E-state index >= 15 is 0 Å². The predicted molar refractivity (Wildman–Crippen MR) is 97.4 cm³/mol. The molecule has 0 bridgehead atoms. The van der Waals surface area contributed by atoms with E-state index in [-0.39, 0.29) is 0 Å². The SMILES string of the molecule is CC(=O)NC1C(OC(C)=O)C(NC(C)=O)C(OC(C)=O)C(OC(C)=O)C1OC(C)=O. The number of carbonyl (C=O) groups excluding carboxylic acids is 6. The number of rotatable bonds is 6. The van der Waals surface area contributed by atoms with Crippen molar-refractivity contribution in [3.63, 3.8) is 0 Å². The Hall–Kier alpha value is -3.18. The van der Waals surface area contributed by atoms with Gasteiger partial charge in [-0.15, -0.1) is 0 Å². The minimum absolute atomic E-state index is 0.580. The topological polar surface area (TPSA) is 163 Å². The molecule has 30 heavy (non-hydrogen) atoms. The molecule has 12 nitrogen and oxygen atoms in total. The Bertz CT molecular complexity index is 555. The van der Waals surface area contributed by atoms with Gasteiger partial charge in [-0.2, -0.15) is 0 Å². The van der Waals surface area contributed by atoms with Crippen molar-refractivity contribution in [3.8, 4) is 0 Å². The molecule has 2 N–H and O–H groups in total. The molecule has 12 heteroatoms. The lowest BCUT2D eigenvalue weighted by atomic mass is 9.80. The van der Waals surface area contributed by atoms with Crippen molar-refractivity contribution in [1.29, 1.82) is 0 Å². The molecule has 0 heterocycles. The van der Waals surface area contributed by atoms with E-state index in [0.717, 1.165) is 27.7 Å². The maximum absolute atomic E-state index is 11.8.